The van der Waals surface area contributed by atoms with E-state index >= 15 is 0 Å². The molecule has 2 aromatic heterocycles. The van der Waals surface area contributed by atoms with E-state index in [2.05, 4.69) is 22.1 Å². The quantitative estimate of drug-likeness (QED) is 0.0342. The fourth-order valence-corrected chi connectivity index (χ4v) is 9.67. The summed E-state index contributed by atoms with van der Waals surface area (Å²) >= 11 is 13.9. The molecule has 16 nitrogen and oxygen atoms in total. The van der Waals surface area contributed by atoms with Crippen LogP contribution >= 0.6 is 23.2 Å². The molecule has 0 radical (unpaired) electrons. The minimum Gasteiger partial charge on any atom is -0.488 e. The van der Waals surface area contributed by atoms with E-state index in [4.69, 9.17) is 42.1 Å². The first-order valence-corrected chi connectivity index (χ1v) is 26.4. The summed E-state index contributed by atoms with van der Waals surface area (Å²) in [6, 6.07) is 24.4. The van der Waals surface area contributed by atoms with Crippen molar-refractivity contribution in [2.45, 2.75) is 106 Å². The highest BCUT2D eigenvalue weighted by Crippen LogP contribution is 2.39. The third kappa shape index (κ3) is 16.4. The number of benzene rings is 4. The van der Waals surface area contributed by atoms with Gasteiger partial charge in [-0.15, -0.1) is 0 Å². The van der Waals surface area contributed by atoms with E-state index in [9.17, 15) is 40.5 Å². The minimum atomic E-state index is -1.05. The molecule has 0 amide bonds. The Kier molecular flexibility index (Phi) is 22.2. The fourth-order valence-electron chi connectivity index (χ4n) is 9.19. The summed E-state index contributed by atoms with van der Waals surface area (Å²) in [4.78, 5) is 36.8. The van der Waals surface area contributed by atoms with Crippen LogP contribution in [0.5, 0.6) is 23.0 Å². The number of aromatic nitrogens is 2. The van der Waals surface area contributed by atoms with Crippen molar-refractivity contribution in [1.29, 1.82) is 10.5 Å². The molecule has 0 fully saturated rings. The number of rotatable bonds is 29. The number of hydrogen-bond acceptors (Lipinski definition) is 14. The standard InChI is InChI=1S/C60H66Cl2N6O10/c1-37(2)29-67(53(13-15-69)59(71)72)31-47-19-51(61)57(21-55(47)75-33-43-17-41(23-63)25-65-27-43)77-35-45-9-7-11-49(39(45)5)50-12-8-10-46(40(50)6)36-78-58-22-56(76-34-44-18-42(24-64)26-66-28-44)48(20-52(58)62)32-68(30-38(3)4)54(14-16-70)60(73)74/h7-12,17-22,25-28,37-38,53-54,69-70H,13-16,29-36H2,1-6H3,(H,71,72)(H,73,74). The summed E-state index contributed by atoms with van der Waals surface area (Å²) in [6.45, 7) is 12.9. The minimum absolute atomic E-state index is 0.0315. The molecule has 0 saturated carbocycles. The number of carboxylic acid groups (broad SMARTS) is 2. The molecule has 2 unspecified atom stereocenters. The van der Waals surface area contributed by atoms with Crippen LogP contribution in [0.25, 0.3) is 11.1 Å². The second-order valence-electron chi connectivity index (χ2n) is 19.9. The van der Waals surface area contributed by atoms with Crippen LogP contribution in [-0.4, -0.2) is 90.5 Å². The number of pyridine rings is 2. The lowest BCUT2D eigenvalue weighted by atomic mass is 9.92. The summed E-state index contributed by atoms with van der Waals surface area (Å²) in [5, 5.41) is 59.5. The van der Waals surface area contributed by atoms with Gasteiger partial charge in [-0.2, -0.15) is 10.5 Å². The lowest BCUT2D eigenvalue weighted by molar-refractivity contribution is -0.145. The zero-order valence-electron chi connectivity index (χ0n) is 44.7. The molecule has 0 spiro atoms. The molecular formula is C60H66Cl2N6O10. The number of halogens is 2. The molecule has 18 heteroatoms. The summed E-state index contributed by atoms with van der Waals surface area (Å²) in [5.41, 5.74) is 8.92. The van der Waals surface area contributed by atoms with E-state index in [-0.39, 0.29) is 87.5 Å². The summed E-state index contributed by atoms with van der Waals surface area (Å²) in [5.74, 6) is -0.418. The molecular weight excluding hydrogens is 1040 g/mol. The Bertz CT molecular complexity index is 2920. The van der Waals surface area contributed by atoms with Gasteiger partial charge in [0.1, 0.15) is 73.6 Å². The van der Waals surface area contributed by atoms with Crippen molar-refractivity contribution in [3.8, 4) is 46.3 Å². The number of nitriles is 2. The molecule has 6 aromatic rings. The smallest absolute Gasteiger partial charge is 0.321 e. The van der Waals surface area contributed by atoms with Crippen LogP contribution in [0.3, 0.4) is 0 Å². The number of carboxylic acids is 2. The fraction of sp³-hybridized carbons (Fsp3) is 0.367. The summed E-state index contributed by atoms with van der Waals surface area (Å²) in [7, 11) is 0. The van der Waals surface area contributed by atoms with Crippen molar-refractivity contribution >= 4 is 35.1 Å². The SMILES string of the molecule is Cc1c(COc2cc(OCc3cncc(C#N)c3)c(CN(CC(C)C)C(CCO)C(=O)O)cc2Cl)cccc1-c1cccc(COc2cc(OCc3cncc(C#N)c3)c(CN(CC(C)C)C(CCO)C(=O)O)cc2Cl)c1C. The molecule has 0 bridgehead atoms. The molecule has 2 heterocycles. The third-order valence-corrected chi connectivity index (χ3v) is 13.6. The lowest BCUT2D eigenvalue weighted by Crippen LogP contribution is -2.43. The van der Waals surface area contributed by atoms with Gasteiger partial charge in [-0.3, -0.25) is 29.4 Å². The molecule has 0 aliphatic rings. The van der Waals surface area contributed by atoms with Gasteiger partial charge in [-0.25, -0.2) is 0 Å². The Morgan fingerprint density at radius 3 is 1.29 bits per heavy atom. The van der Waals surface area contributed by atoms with Crippen LogP contribution in [0.4, 0.5) is 0 Å². The Labute approximate surface area is 466 Å². The van der Waals surface area contributed by atoms with Crippen LogP contribution in [0, 0.1) is 48.3 Å². The number of carbonyl (C=O) groups is 2. The third-order valence-electron chi connectivity index (χ3n) is 13.0. The van der Waals surface area contributed by atoms with Gasteiger partial charge in [0, 0.05) is 98.6 Å². The molecule has 78 heavy (non-hydrogen) atoms. The van der Waals surface area contributed by atoms with Crippen molar-refractivity contribution in [3.05, 3.63) is 163 Å². The molecule has 4 aromatic carbocycles. The van der Waals surface area contributed by atoms with Gasteiger partial charge in [-0.05, 0) is 96.2 Å². The number of aliphatic hydroxyl groups excluding tert-OH is 2. The molecule has 2 atom stereocenters. The largest absolute Gasteiger partial charge is 0.488 e. The van der Waals surface area contributed by atoms with Crippen molar-refractivity contribution < 1.29 is 49.0 Å². The number of ether oxygens (including phenoxy) is 4. The van der Waals surface area contributed by atoms with Gasteiger partial charge >= 0.3 is 11.9 Å². The van der Waals surface area contributed by atoms with E-state index in [0.717, 1.165) is 33.4 Å². The predicted octanol–water partition coefficient (Wildman–Crippen LogP) is 10.7. The first-order valence-electron chi connectivity index (χ1n) is 25.6. The Morgan fingerprint density at radius 2 is 0.949 bits per heavy atom. The average molecular weight is 1100 g/mol. The van der Waals surface area contributed by atoms with Gasteiger partial charge < -0.3 is 39.4 Å². The molecule has 410 valence electrons. The monoisotopic (exact) mass is 1100 g/mol. The zero-order chi connectivity index (χ0) is 56.5. The van der Waals surface area contributed by atoms with Crippen LogP contribution in [0.2, 0.25) is 10.0 Å². The van der Waals surface area contributed by atoms with Crippen molar-refractivity contribution in [3.63, 3.8) is 0 Å². The van der Waals surface area contributed by atoms with Crippen LogP contribution in [-0.2, 0) is 49.1 Å². The Hall–Kier alpha value is -7.28. The average Bonchev–Trinajstić information content (AvgIpc) is 3.42. The maximum absolute atomic E-state index is 12.4. The van der Waals surface area contributed by atoms with Gasteiger partial charge in [0.05, 0.1) is 21.2 Å². The second kappa shape index (κ2) is 28.9. The molecule has 0 aliphatic heterocycles. The van der Waals surface area contributed by atoms with Gasteiger partial charge in [-0.1, -0.05) is 87.3 Å². The highest BCUT2D eigenvalue weighted by atomic mass is 35.5. The summed E-state index contributed by atoms with van der Waals surface area (Å²) < 4.78 is 25.7. The topological polar surface area (TPSA) is 232 Å². The lowest BCUT2D eigenvalue weighted by Gasteiger charge is -2.31. The number of nitrogens with zero attached hydrogens (tertiary/aromatic N) is 6. The highest BCUT2D eigenvalue weighted by molar-refractivity contribution is 6.32. The van der Waals surface area contributed by atoms with Crippen LogP contribution < -0.4 is 18.9 Å². The Morgan fingerprint density at radius 1 is 0.564 bits per heavy atom. The molecule has 6 rings (SSSR count). The van der Waals surface area contributed by atoms with Gasteiger partial charge in [0.15, 0.2) is 0 Å². The van der Waals surface area contributed by atoms with Crippen LogP contribution in [0.1, 0.15) is 96.2 Å². The van der Waals surface area contributed by atoms with E-state index < -0.39 is 24.0 Å². The first-order chi connectivity index (χ1) is 37.4. The normalized spacial score (nSPS) is 12.1. The maximum atomic E-state index is 12.4. The number of hydrogen-bond donors (Lipinski definition) is 4. The Balaban J connectivity index is 1.26. The molecule has 0 saturated heterocycles. The summed E-state index contributed by atoms with van der Waals surface area (Å²) in [6.07, 6.45) is 6.19. The predicted molar refractivity (Wildman–Crippen MR) is 296 cm³/mol. The van der Waals surface area contributed by atoms with E-state index in [1.165, 1.54) is 12.4 Å². The number of aliphatic hydroxyl groups is 2. The van der Waals surface area contributed by atoms with Crippen molar-refractivity contribution in [2.75, 3.05) is 26.3 Å². The van der Waals surface area contributed by atoms with E-state index in [1.807, 2.05) is 77.9 Å². The highest BCUT2D eigenvalue weighted by Gasteiger charge is 2.29. The number of aliphatic carboxylic acids is 2. The second-order valence-corrected chi connectivity index (χ2v) is 20.7. The van der Waals surface area contributed by atoms with E-state index in [0.29, 0.717) is 69.5 Å². The van der Waals surface area contributed by atoms with Crippen LogP contribution in [0.15, 0.2) is 97.6 Å². The first kappa shape index (κ1) is 60.0. The van der Waals surface area contributed by atoms with E-state index in [1.54, 1.807) is 58.6 Å². The van der Waals surface area contributed by atoms with Crippen molar-refractivity contribution in [1.82, 2.24) is 19.8 Å². The molecule has 0 aliphatic carbocycles. The maximum Gasteiger partial charge on any atom is 0.321 e. The van der Waals surface area contributed by atoms with Gasteiger partial charge in [0.25, 0.3) is 0 Å². The van der Waals surface area contributed by atoms with Crippen molar-refractivity contribution in [2.24, 2.45) is 11.8 Å². The zero-order valence-corrected chi connectivity index (χ0v) is 46.2. The van der Waals surface area contributed by atoms with Gasteiger partial charge in [0.2, 0.25) is 0 Å². The molecule has 4 N–H and O–H groups in total.